The number of ether oxygens (including phenoxy) is 1. The van der Waals surface area contributed by atoms with E-state index in [-0.39, 0.29) is 0 Å². The van der Waals surface area contributed by atoms with Crippen molar-refractivity contribution in [1.29, 1.82) is 0 Å². The number of hydrogen-bond acceptors (Lipinski definition) is 3. The minimum absolute atomic E-state index is 0.377. The van der Waals surface area contributed by atoms with Crippen molar-refractivity contribution < 1.29 is 4.74 Å². The maximum absolute atomic E-state index is 4.72. The second kappa shape index (κ2) is 2.44. The third-order valence-corrected chi connectivity index (χ3v) is 0.864. The van der Waals surface area contributed by atoms with Crippen molar-refractivity contribution in [2.75, 3.05) is 7.11 Å². The van der Waals surface area contributed by atoms with Crippen molar-refractivity contribution in [1.82, 2.24) is 9.97 Å². The van der Waals surface area contributed by atoms with E-state index in [9.17, 15) is 0 Å². The first-order chi connectivity index (χ1) is 4.33. The molecule has 0 atom stereocenters. The van der Waals surface area contributed by atoms with E-state index in [1.54, 1.807) is 12.4 Å². The van der Waals surface area contributed by atoms with Crippen LogP contribution in [0.25, 0.3) is 0 Å². The molecule has 47 valence electrons. The van der Waals surface area contributed by atoms with Gasteiger partial charge in [-0.1, -0.05) is 0 Å². The van der Waals surface area contributed by atoms with Crippen molar-refractivity contribution in [3.63, 3.8) is 0 Å². The Kier molecular flexibility index (Phi) is 1.63. The van der Waals surface area contributed by atoms with E-state index < -0.39 is 0 Å². The van der Waals surface area contributed by atoms with Crippen LogP contribution >= 0.6 is 0 Å². The number of methoxy groups -OCH3 is 1. The average molecular weight is 123 g/mol. The largest absolute Gasteiger partial charge is 0.467 e. The van der Waals surface area contributed by atoms with Crippen molar-refractivity contribution in [2.45, 2.75) is 0 Å². The highest BCUT2D eigenvalue weighted by molar-refractivity contribution is 5.09. The Labute approximate surface area is 53.7 Å². The van der Waals surface area contributed by atoms with Crippen LogP contribution in [0.15, 0.2) is 12.4 Å². The highest BCUT2D eigenvalue weighted by Gasteiger charge is 1.89. The molecule has 0 fully saturated rings. The van der Waals surface area contributed by atoms with Gasteiger partial charge in [0, 0.05) is 12.4 Å². The monoisotopic (exact) mass is 123 g/mol. The molecule has 3 nitrogen and oxygen atoms in total. The average Bonchev–Trinajstić information content (AvgIpc) is 1.90. The van der Waals surface area contributed by atoms with E-state index in [0.29, 0.717) is 6.01 Å². The molecule has 1 rings (SSSR count). The lowest BCUT2D eigenvalue weighted by Crippen LogP contribution is -1.90. The molecule has 0 aliphatic heterocycles. The van der Waals surface area contributed by atoms with Crippen molar-refractivity contribution >= 4 is 0 Å². The first kappa shape index (κ1) is 6.01. The van der Waals surface area contributed by atoms with Gasteiger partial charge in [-0.25, -0.2) is 9.97 Å². The van der Waals surface area contributed by atoms with Gasteiger partial charge in [-0.2, -0.15) is 0 Å². The zero-order valence-electron chi connectivity index (χ0n) is 5.16. The molecule has 9 heavy (non-hydrogen) atoms. The fourth-order valence-electron chi connectivity index (χ4n) is 0.448. The fourth-order valence-corrected chi connectivity index (χ4v) is 0.448. The Morgan fingerprint density at radius 2 is 2.00 bits per heavy atom. The first-order valence-electron chi connectivity index (χ1n) is 2.51. The molecule has 0 aliphatic rings. The van der Waals surface area contributed by atoms with Crippen LogP contribution in [0, 0.1) is 6.92 Å². The highest BCUT2D eigenvalue weighted by atomic mass is 16.5. The summed E-state index contributed by atoms with van der Waals surface area (Å²) in [5, 5.41) is 0. The van der Waals surface area contributed by atoms with Crippen LogP contribution in [0.3, 0.4) is 0 Å². The third kappa shape index (κ3) is 1.38. The van der Waals surface area contributed by atoms with Crippen LogP contribution in [-0.4, -0.2) is 17.1 Å². The molecule has 1 heterocycles. The third-order valence-electron chi connectivity index (χ3n) is 0.864. The van der Waals surface area contributed by atoms with Crippen molar-refractivity contribution in [3.05, 3.63) is 24.9 Å². The maximum Gasteiger partial charge on any atom is 0.316 e. The first-order valence-corrected chi connectivity index (χ1v) is 2.51. The molecule has 0 saturated heterocycles. The van der Waals surface area contributed by atoms with Gasteiger partial charge in [-0.3, -0.25) is 0 Å². The summed E-state index contributed by atoms with van der Waals surface area (Å²) in [4.78, 5) is 7.60. The molecule has 0 aromatic carbocycles. The number of rotatable bonds is 1. The molecule has 0 aliphatic carbocycles. The summed E-state index contributed by atoms with van der Waals surface area (Å²) in [6, 6.07) is 0.377. The summed E-state index contributed by atoms with van der Waals surface area (Å²) in [5.74, 6) is 0. The van der Waals surface area contributed by atoms with E-state index in [2.05, 4.69) is 16.9 Å². The summed E-state index contributed by atoms with van der Waals surface area (Å²) >= 11 is 0. The summed E-state index contributed by atoms with van der Waals surface area (Å²) in [6.45, 7) is 3.62. The molecule has 3 heteroatoms. The molecule has 1 radical (unpaired) electrons. The Hall–Kier alpha value is -1.12. The zero-order chi connectivity index (χ0) is 6.69. The Balaban J connectivity index is 2.88. The smallest absolute Gasteiger partial charge is 0.316 e. The van der Waals surface area contributed by atoms with Gasteiger partial charge in [0.2, 0.25) is 0 Å². The standard InChI is InChI=1S/C6H7N2O/c1-5-3-7-6(9-2)8-4-5/h3-4H,1H2,2H3. The fraction of sp³-hybridized carbons (Fsp3) is 0.167. The predicted molar refractivity (Wildman–Crippen MR) is 33.0 cm³/mol. The molecule has 0 unspecified atom stereocenters. The SMILES string of the molecule is [CH2]c1cnc(OC)nc1. The van der Waals surface area contributed by atoms with Gasteiger partial charge in [-0.15, -0.1) is 0 Å². The van der Waals surface area contributed by atoms with Gasteiger partial charge in [0.05, 0.1) is 7.11 Å². The Morgan fingerprint density at radius 3 is 2.44 bits per heavy atom. The number of hydrogen-bond donors (Lipinski definition) is 0. The van der Waals surface area contributed by atoms with Crippen molar-refractivity contribution in [2.24, 2.45) is 0 Å². The van der Waals surface area contributed by atoms with Crippen LogP contribution < -0.4 is 4.74 Å². The summed E-state index contributed by atoms with van der Waals surface area (Å²) in [7, 11) is 1.53. The normalized spacial score (nSPS) is 9.11. The van der Waals surface area contributed by atoms with Crippen LogP contribution in [-0.2, 0) is 0 Å². The summed E-state index contributed by atoms with van der Waals surface area (Å²) < 4.78 is 4.72. The molecule has 1 aromatic heterocycles. The topological polar surface area (TPSA) is 35.0 Å². The lowest BCUT2D eigenvalue weighted by Gasteiger charge is -1.94. The van der Waals surface area contributed by atoms with Gasteiger partial charge in [-0.05, 0) is 12.5 Å². The van der Waals surface area contributed by atoms with E-state index in [1.807, 2.05) is 0 Å². The molecule has 0 spiro atoms. The predicted octanol–water partition coefficient (Wildman–Crippen LogP) is 0.667. The van der Waals surface area contributed by atoms with Crippen molar-refractivity contribution in [3.8, 4) is 6.01 Å². The highest BCUT2D eigenvalue weighted by Crippen LogP contribution is 1.98. The van der Waals surface area contributed by atoms with Crippen LogP contribution in [0.4, 0.5) is 0 Å². The van der Waals surface area contributed by atoms with E-state index >= 15 is 0 Å². The molecule has 0 N–H and O–H groups in total. The maximum atomic E-state index is 4.72. The number of nitrogens with zero attached hydrogens (tertiary/aromatic N) is 2. The second-order valence-electron chi connectivity index (χ2n) is 1.58. The van der Waals surface area contributed by atoms with Gasteiger partial charge < -0.3 is 4.74 Å². The van der Waals surface area contributed by atoms with E-state index in [4.69, 9.17) is 4.74 Å². The molecule has 0 saturated carbocycles. The van der Waals surface area contributed by atoms with E-state index in [0.717, 1.165) is 5.56 Å². The molecular formula is C6H7N2O. The lowest BCUT2D eigenvalue weighted by atomic mass is 10.4. The second-order valence-corrected chi connectivity index (χ2v) is 1.58. The molecule has 0 bridgehead atoms. The van der Waals surface area contributed by atoms with Gasteiger partial charge >= 0.3 is 6.01 Å². The minimum Gasteiger partial charge on any atom is -0.467 e. The summed E-state index contributed by atoms with van der Waals surface area (Å²) in [5.41, 5.74) is 0.788. The number of aromatic nitrogens is 2. The minimum atomic E-state index is 0.377. The van der Waals surface area contributed by atoms with Gasteiger partial charge in [0.1, 0.15) is 0 Å². The summed E-state index contributed by atoms with van der Waals surface area (Å²) in [6.07, 6.45) is 3.21. The zero-order valence-corrected chi connectivity index (χ0v) is 5.16. The Bertz CT molecular complexity index is 183. The lowest BCUT2D eigenvalue weighted by molar-refractivity contribution is 0.379. The van der Waals surface area contributed by atoms with Crippen LogP contribution in [0.1, 0.15) is 5.56 Å². The molecule has 1 aromatic rings. The Morgan fingerprint density at radius 1 is 1.44 bits per heavy atom. The van der Waals surface area contributed by atoms with Crippen LogP contribution in [0.5, 0.6) is 6.01 Å². The molecular weight excluding hydrogens is 116 g/mol. The van der Waals surface area contributed by atoms with Crippen LogP contribution in [0.2, 0.25) is 0 Å². The van der Waals surface area contributed by atoms with Gasteiger partial charge in [0.25, 0.3) is 0 Å². The quantitative estimate of drug-likeness (QED) is 0.550. The van der Waals surface area contributed by atoms with E-state index in [1.165, 1.54) is 7.11 Å². The van der Waals surface area contributed by atoms with Gasteiger partial charge in [0.15, 0.2) is 0 Å². The molecule has 0 amide bonds.